The number of hydrogen-bond donors (Lipinski definition) is 0. The minimum absolute atomic E-state index is 0. The fourth-order valence-corrected chi connectivity index (χ4v) is 5.25. The first kappa shape index (κ1) is 33.4. The van der Waals surface area contributed by atoms with Crippen LogP contribution < -0.4 is 0 Å². The molecule has 2 rings (SSSR count). The molecule has 2 heterocycles. The highest BCUT2D eigenvalue weighted by Gasteiger charge is 2.23. The maximum atomic E-state index is 11.9. The highest BCUT2D eigenvalue weighted by atomic mass is 35.5. The van der Waals surface area contributed by atoms with Gasteiger partial charge in [0.2, 0.25) is 0 Å². The third-order valence-electron chi connectivity index (χ3n) is 6.98. The molecule has 0 saturated carbocycles. The summed E-state index contributed by atoms with van der Waals surface area (Å²) in [5.41, 5.74) is 0. The van der Waals surface area contributed by atoms with Crippen LogP contribution in [0.5, 0.6) is 0 Å². The maximum absolute atomic E-state index is 11.9. The predicted octanol–water partition coefficient (Wildman–Crippen LogP) is 5.79. The van der Waals surface area contributed by atoms with Crippen molar-refractivity contribution in [3.05, 3.63) is 0 Å². The van der Waals surface area contributed by atoms with Crippen LogP contribution in [0.4, 0.5) is 0 Å². The van der Waals surface area contributed by atoms with Crippen molar-refractivity contribution in [1.29, 1.82) is 0 Å². The lowest BCUT2D eigenvalue weighted by Gasteiger charge is -2.23. The molecule has 202 valence electrons. The van der Waals surface area contributed by atoms with Crippen molar-refractivity contribution in [3.8, 4) is 0 Å². The quantitative estimate of drug-likeness (QED) is 0.177. The normalized spacial score (nSPS) is 20.5. The van der Waals surface area contributed by atoms with Gasteiger partial charge in [-0.3, -0.25) is 9.59 Å². The average molecular weight is 526 g/mol. The van der Waals surface area contributed by atoms with Crippen molar-refractivity contribution >= 4 is 36.8 Å². The Hall–Kier alpha value is -0.560. The van der Waals surface area contributed by atoms with Crippen molar-refractivity contribution in [2.24, 2.45) is 0 Å². The molecular formula is C26H50Cl2N2O4. The van der Waals surface area contributed by atoms with Crippen LogP contribution in [-0.2, 0) is 19.1 Å². The van der Waals surface area contributed by atoms with E-state index in [9.17, 15) is 9.59 Å². The first-order valence-electron chi connectivity index (χ1n) is 13.4. The zero-order chi connectivity index (χ0) is 23.0. The Morgan fingerprint density at radius 2 is 1.12 bits per heavy atom. The fraction of sp³-hybridized carbons (Fsp3) is 0.923. The summed E-state index contributed by atoms with van der Waals surface area (Å²) in [7, 11) is 0. The number of carbonyl (C=O) groups is 2. The van der Waals surface area contributed by atoms with E-state index in [-0.39, 0.29) is 49.6 Å². The van der Waals surface area contributed by atoms with Crippen molar-refractivity contribution in [2.45, 2.75) is 116 Å². The summed E-state index contributed by atoms with van der Waals surface area (Å²) in [5.74, 6) is -0.578. The Bertz CT molecular complexity index is 493. The van der Waals surface area contributed by atoms with Gasteiger partial charge in [0.05, 0.1) is 26.1 Å². The zero-order valence-electron chi connectivity index (χ0n) is 21.6. The SMILES string of the molecule is CCCC1CCCN1CCCCOC(=O)CCC(=O)OCCCCN1CCCC1CCC.Cl.Cl. The predicted molar refractivity (Wildman–Crippen MR) is 143 cm³/mol. The van der Waals surface area contributed by atoms with Gasteiger partial charge in [0, 0.05) is 12.1 Å². The number of nitrogens with zero attached hydrogens (tertiary/aromatic N) is 2. The van der Waals surface area contributed by atoms with Gasteiger partial charge in [-0.1, -0.05) is 26.7 Å². The van der Waals surface area contributed by atoms with Crippen LogP contribution in [0.25, 0.3) is 0 Å². The van der Waals surface area contributed by atoms with E-state index in [4.69, 9.17) is 9.47 Å². The first-order chi connectivity index (χ1) is 15.6. The Morgan fingerprint density at radius 1 is 0.706 bits per heavy atom. The first-order valence-corrected chi connectivity index (χ1v) is 13.4. The van der Waals surface area contributed by atoms with E-state index in [1.54, 1.807) is 0 Å². The second kappa shape index (κ2) is 20.6. The van der Waals surface area contributed by atoms with Crippen LogP contribution in [0.15, 0.2) is 0 Å². The van der Waals surface area contributed by atoms with Gasteiger partial charge >= 0.3 is 11.9 Å². The van der Waals surface area contributed by atoms with Crippen LogP contribution >= 0.6 is 24.8 Å². The van der Waals surface area contributed by atoms with E-state index in [2.05, 4.69) is 23.6 Å². The highest BCUT2D eigenvalue weighted by molar-refractivity contribution is 5.85. The number of carbonyl (C=O) groups excluding carboxylic acids is 2. The summed E-state index contributed by atoms with van der Waals surface area (Å²) in [4.78, 5) is 28.9. The van der Waals surface area contributed by atoms with Crippen LogP contribution in [0.1, 0.15) is 104 Å². The third-order valence-corrected chi connectivity index (χ3v) is 6.98. The number of ether oxygens (including phenoxy) is 2. The van der Waals surface area contributed by atoms with E-state index in [1.807, 2.05) is 0 Å². The van der Waals surface area contributed by atoms with E-state index < -0.39 is 0 Å². The zero-order valence-corrected chi connectivity index (χ0v) is 23.3. The van der Waals surface area contributed by atoms with E-state index >= 15 is 0 Å². The number of esters is 2. The molecule has 0 radical (unpaired) electrons. The molecule has 0 aliphatic carbocycles. The van der Waals surface area contributed by atoms with Gasteiger partial charge in [0.25, 0.3) is 0 Å². The summed E-state index contributed by atoms with van der Waals surface area (Å²) in [6, 6.07) is 1.51. The van der Waals surface area contributed by atoms with Crippen molar-refractivity contribution < 1.29 is 19.1 Å². The molecule has 2 saturated heterocycles. The van der Waals surface area contributed by atoms with Gasteiger partial charge in [-0.15, -0.1) is 24.8 Å². The number of halogens is 2. The largest absolute Gasteiger partial charge is 0.466 e. The molecule has 2 unspecified atom stereocenters. The molecule has 34 heavy (non-hydrogen) atoms. The number of likely N-dealkylation sites (tertiary alicyclic amines) is 2. The van der Waals surface area contributed by atoms with Crippen molar-refractivity contribution in [2.75, 3.05) is 39.4 Å². The van der Waals surface area contributed by atoms with Crippen molar-refractivity contribution in [1.82, 2.24) is 9.80 Å². The van der Waals surface area contributed by atoms with Gasteiger partial charge in [-0.05, 0) is 90.4 Å². The molecule has 0 aromatic heterocycles. The lowest BCUT2D eigenvalue weighted by Crippen LogP contribution is -2.30. The highest BCUT2D eigenvalue weighted by Crippen LogP contribution is 2.22. The summed E-state index contributed by atoms with van der Waals surface area (Å²) >= 11 is 0. The molecule has 0 spiro atoms. The Kier molecular flexibility index (Phi) is 20.3. The minimum Gasteiger partial charge on any atom is -0.466 e. The topological polar surface area (TPSA) is 59.1 Å². The molecule has 2 aliphatic heterocycles. The van der Waals surface area contributed by atoms with Gasteiger partial charge < -0.3 is 19.3 Å². The molecule has 2 aliphatic rings. The van der Waals surface area contributed by atoms with Gasteiger partial charge in [-0.2, -0.15) is 0 Å². The number of unbranched alkanes of at least 4 members (excludes halogenated alkanes) is 2. The monoisotopic (exact) mass is 524 g/mol. The molecule has 2 fully saturated rings. The molecule has 0 aromatic carbocycles. The van der Waals surface area contributed by atoms with E-state index in [1.165, 1.54) is 64.5 Å². The molecule has 8 heteroatoms. The second-order valence-electron chi connectivity index (χ2n) is 9.60. The van der Waals surface area contributed by atoms with Gasteiger partial charge in [0.15, 0.2) is 0 Å². The summed E-state index contributed by atoms with van der Waals surface area (Å²) in [6.07, 6.45) is 14.5. The molecular weight excluding hydrogens is 475 g/mol. The Morgan fingerprint density at radius 3 is 1.50 bits per heavy atom. The average Bonchev–Trinajstić information content (AvgIpc) is 3.42. The van der Waals surface area contributed by atoms with Crippen LogP contribution in [0.2, 0.25) is 0 Å². The lowest BCUT2D eigenvalue weighted by molar-refractivity contribution is -0.150. The van der Waals surface area contributed by atoms with E-state index in [0.717, 1.165) is 50.9 Å². The van der Waals surface area contributed by atoms with Crippen LogP contribution in [-0.4, -0.2) is 73.2 Å². The molecule has 0 N–H and O–H groups in total. The molecule has 6 nitrogen and oxygen atoms in total. The third kappa shape index (κ3) is 13.5. The van der Waals surface area contributed by atoms with Crippen LogP contribution in [0.3, 0.4) is 0 Å². The number of rotatable bonds is 17. The maximum Gasteiger partial charge on any atom is 0.306 e. The van der Waals surface area contributed by atoms with Crippen LogP contribution in [0, 0.1) is 0 Å². The number of hydrogen-bond acceptors (Lipinski definition) is 6. The van der Waals surface area contributed by atoms with E-state index in [0.29, 0.717) is 13.2 Å². The van der Waals surface area contributed by atoms with Gasteiger partial charge in [0.1, 0.15) is 0 Å². The summed E-state index contributed by atoms with van der Waals surface area (Å²) < 4.78 is 10.6. The standard InChI is InChI=1S/C26H48N2O4.2ClH/c1-3-11-23-13-9-19-27(23)17-5-7-21-31-25(29)15-16-26(30)32-22-8-6-18-28-20-10-14-24(28)12-4-2;;/h23-24H,3-22H2,1-2H3;2*1H. The minimum atomic E-state index is -0.289. The molecule has 2 atom stereocenters. The fourth-order valence-electron chi connectivity index (χ4n) is 5.25. The Balaban J connectivity index is 0.00000544. The Labute approximate surface area is 220 Å². The molecule has 0 bridgehead atoms. The smallest absolute Gasteiger partial charge is 0.306 e. The van der Waals surface area contributed by atoms with Crippen molar-refractivity contribution in [3.63, 3.8) is 0 Å². The summed E-state index contributed by atoms with van der Waals surface area (Å²) in [5, 5.41) is 0. The van der Waals surface area contributed by atoms with Gasteiger partial charge in [-0.25, -0.2) is 0 Å². The second-order valence-corrected chi connectivity index (χ2v) is 9.60. The molecule has 0 amide bonds. The lowest BCUT2D eigenvalue weighted by atomic mass is 10.1. The summed E-state index contributed by atoms with van der Waals surface area (Å²) in [6.45, 7) is 10.0. The molecule has 0 aromatic rings.